The van der Waals surface area contributed by atoms with Crippen molar-refractivity contribution in [3.8, 4) is 12.3 Å². The quantitative estimate of drug-likeness (QED) is 0.488. The maximum Gasteiger partial charge on any atom is 0.240 e. The molecule has 3 N–H and O–H groups in total. The first-order chi connectivity index (χ1) is 6.19. The van der Waals surface area contributed by atoms with Gasteiger partial charge in [0.25, 0.3) is 0 Å². The minimum absolute atomic E-state index is 0.0414. The highest BCUT2D eigenvalue weighted by atomic mass is 16.2. The summed E-state index contributed by atoms with van der Waals surface area (Å²) in [4.78, 5) is 11.5. The van der Waals surface area contributed by atoms with Gasteiger partial charge in [0.1, 0.15) is 0 Å². The summed E-state index contributed by atoms with van der Waals surface area (Å²) in [7, 11) is 0. The number of carbonyl (C=O) groups excluding carboxylic acids is 1. The molecule has 1 amide bonds. The largest absolute Gasteiger partial charge is 0.354 e. The van der Waals surface area contributed by atoms with Crippen LogP contribution in [0.4, 0.5) is 0 Å². The van der Waals surface area contributed by atoms with Crippen molar-refractivity contribution < 1.29 is 4.79 Å². The fourth-order valence-corrected chi connectivity index (χ4v) is 1.66. The number of hydrogen-bond acceptors (Lipinski definition) is 2. The minimum Gasteiger partial charge on any atom is -0.354 e. The summed E-state index contributed by atoms with van der Waals surface area (Å²) in [6, 6.07) is 0. The molecule has 1 saturated carbocycles. The van der Waals surface area contributed by atoms with Crippen molar-refractivity contribution in [1.29, 1.82) is 0 Å². The number of nitrogens with two attached hydrogens (primary N) is 1. The maximum absolute atomic E-state index is 11.5. The summed E-state index contributed by atoms with van der Waals surface area (Å²) in [5, 5.41) is 2.76. The SMILES string of the molecule is C#CCCNC(=O)C1(N)CCCC1. The summed E-state index contributed by atoms with van der Waals surface area (Å²) in [5.41, 5.74) is 5.30. The van der Waals surface area contributed by atoms with Crippen molar-refractivity contribution in [1.82, 2.24) is 5.32 Å². The third kappa shape index (κ3) is 2.46. The highest BCUT2D eigenvalue weighted by molar-refractivity contribution is 5.86. The molecule has 0 radical (unpaired) electrons. The Morgan fingerprint density at radius 1 is 1.54 bits per heavy atom. The summed E-state index contributed by atoms with van der Waals surface area (Å²) >= 11 is 0. The van der Waals surface area contributed by atoms with Gasteiger partial charge in [-0.2, -0.15) is 0 Å². The topological polar surface area (TPSA) is 55.1 Å². The molecular weight excluding hydrogens is 164 g/mol. The molecule has 0 atom stereocenters. The summed E-state index contributed by atoms with van der Waals surface area (Å²) < 4.78 is 0. The van der Waals surface area contributed by atoms with Crippen LogP contribution < -0.4 is 11.1 Å². The van der Waals surface area contributed by atoms with Crippen LogP contribution in [0.3, 0.4) is 0 Å². The van der Waals surface area contributed by atoms with E-state index in [0.717, 1.165) is 25.7 Å². The van der Waals surface area contributed by atoms with Gasteiger partial charge in [0.05, 0.1) is 5.54 Å². The van der Waals surface area contributed by atoms with E-state index in [9.17, 15) is 4.79 Å². The molecule has 0 spiro atoms. The molecule has 3 nitrogen and oxygen atoms in total. The molecule has 0 bridgehead atoms. The van der Waals surface area contributed by atoms with Crippen LogP contribution in [0.15, 0.2) is 0 Å². The van der Waals surface area contributed by atoms with Gasteiger partial charge in [-0.3, -0.25) is 4.79 Å². The van der Waals surface area contributed by atoms with Gasteiger partial charge >= 0.3 is 0 Å². The molecule has 0 aliphatic heterocycles. The lowest BCUT2D eigenvalue weighted by Gasteiger charge is -2.21. The van der Waals surface area contributed by atoms with Crippen LogP contribution in [0, 0.1) is 12.3 Å². The smallest absolute Gasteiger partial charge is 0.240 e. The first kappa shape index (κ1) is 10.1. The van der Waals surface area contributed by atoms with E-state index < -0.39 is 5.54 Å². The summed E-state index contributed by atoms with van der Waals surface area (Å²) in [5.74, 6) is 2.43. The van der Waals surface area contributed by atoms with Gasteiger partial charge in [-0.1, -0.05) is 12.8 Å². The number of hydrogen-bond donors (Lipinski definition) is 2. The first-order valence-electron chi connectivity index (χ1n) is 4.70. The zero-order chi connectivity index (χ0) is 9.73. The molecule has 0 unspecified atom stereocenters. The third-order valence-corrected chi connectivity index (χ3v) is 2.50. The van der Waals surface area contributed by atoms with Gasteiger partial charge in [-0.25, -0.2) is 0 Å². The zero-order valence-electron chi connectivity index (χ0n) is 7.81. The monoisotopic (exact) mass is 180 g/mol. The van der Waals surface area contributed by atoms with Crippen LogP contribution >= 0.6 is 0 Å². The van der Waals surface area contributed by atoms with Crippen LogP contribution in [0.25, 0.3) is 0 Å². The van der Waals surface area contributed by atoms with Crippen LogP contribution in [-0.4, -0.2) is 18.0 Å². The summed E-state index contributed by atoms with van der Waals surface area (Å²) in [6.07, 6.45) is 9.35. The lowest BCUT2D eigenvalue weighted by Crippen LogP contribution is -2.52. The third-order valence-electron chi connectivity index (χ3n) is 2.50. The molecule has 3 heteroatoms. The van der Waals surface area contributed by atoms with Gasteiger partial charge in [0.2, 0.25) is 5.91 Å². The second kappa shape index (κ2) is 4.29. The van der Waals surface area contributed by atoms with Gasteiger partial charge in [0.15, 0.2) is 0 Å². The van der Waals surface area contributed by atoms with E-state index in [1.54, 1.807) is 0 Å². The second-order valence-electron chi connectivity index (χ2n) is 3.57. The molecule has 72 valence electrons. The molecule has 13 heavy (non-hydrogen) atoms. The number of amides is 1. The molecule has 0 aromatic heterocycles. The van der Waals surface area contributed by atoms with Crippen LogP contribution in [0.1, 0.15) is 32.1 Å². The van der Waals surface area contributed by atoms with Gasteiger partial charge in [-0.15, -0.1) is 12.3 Å². The van der Waals surface area contributed by atoms with Crippen LogP contribution in [-0.2, 0) is 4.79 Å². The van der Waals surface area contributed by atoms with Crippen molar-refractivity contribution in [2.24, 2.45) is 5.73 Å². The molecular formula is C10H16N2O. The Labute approximate surface area is 79.1 Å². The normalized spacial score (nSPS) is 19.4. The Morgan fingerprint density at radius 2 is 2.15 bits per heavy atom. The molecule has 1 aliphatic rings. The summed E-state index contributed by atoms with van der Waals surface area (Å²) in [6.45, 7) is 0.536. The van der Waals surface area contributed by atoms with Crippen molar-refractivity contribution in [2.75, 3.05) is 6.54 Å². The van der Waals surface area contributed by atoms with E-state index >= 15 is 0 Å². The van der Waals surface area contributed by atoms with E-state index in [1.165, 1.54) is 0 Å². The van der Waals surface area contributed by atoms with Crippen LogP contribution in [0.2, 0.25) is 0 Å². The van der Waals surface area contributed by atoms with E-state index in [4.69, 9.17) is 12.2 Å². The molecule has 1 rings (SSSR count). The molecule has 1 aliphatic carbocycles. The average Bonchev–Trinajstić information content (AvgIpc) is 2.54. The predicted molar refractivity (Wildman–Crippen MR) is 51.8 cm³/mol. The first-order valence-corrected chi connectivity index (χ1v) is 4.70. The molecule has 1 fully saturated rings. The second-order valence-corrected chi connectivity index (χ2v) is 3.57. The van der Waals surface area contributed by atoms with E-state index in [0.29, 0.717) is 13.0 Å². The lowest BCUT2D eigenvalue weighted by atomic mass is 9.98. The Bertz CT molecular complexity index is 224. The molecule has 0 aromatic carbocycles. The van der Waals surface area contributed by atoms with E-state index in [1.807, 2.05) is 0 Å². The Kier molecular flexibility index (Phi) is 3.32. The van der Waals surface area contributed by atoms with Crippen molar-refractivity contribution in [3.63, 3.8) is 0 Å². The highest BCUT2D eigenvalue weighted by Gasteiger charge is 2.36. The van der Waals surface area contributed by atoms with Gasteiger partial charge in [0, 0.05) is 13.0 Å². The van der Waals surface area contributed by atoms with Gasteiger partial charge < -0.3 is 11.1 Å². The Balaban J connectivity index is 2.34. The zero-order valence-corrected chi connectivity index (χ0v) is 7.81. The molecule has 0 aromatic rings. The Hall–Kier alpha value is -1.01. The van der Waals surface area contributed by atoms with Crippen molar-refractivity contribution >= 4 is 5.91 Å². The number of carbonyl (C=O) groups is 1. The van der Waals surface area contributed by atoms with Crippen molar-refractivity contribution in [3.05, 3.63) is 0 Å². The molecule has 0 heterocycles. The fourth-order valence-electron chi connectivity index (χ4n) is 1.66. The average molecular weight is 180 g/mol. The predicted octanol–water partition coefficient (Wildman–Crippen LogP) is 0.397. The highest BCUT2D eigenvalue weighted by Crippen LogP contribution is 2.26. The number of nitrogens with one attached hydrogen (secondary N) is 1. The van der Waals surface area contributed by atoms with E-state index in [2.05, 4.69) is 11.2 Å². The van der Waals surface area contributed by atoms with Crippen LogP contribution in [0.5, 0.6) is 0 Å². The number of terminal acetylenes is 1. The molecule has 0 saturated heterocycles. The minimum atomic E-state index is -0.616. The van der Waals surface area contributed by atoms with Gasteiger partial charge in [-0.05, 0) is 12.8 Å². The fraction of sp³-hybridized carbons (Fsp3) is 0.700. The maximum atomic E-state index is 11.5. The standard InChI is InChI=1S/C10H16N2O/c1-2-3-8-12-9(13)10(11)6-4-5-7-10/h1H,3-8,11H2,(H,12,13). The van der Waals surface area contributed by atoms with Crippen molar-refractivity contribution in [2.45, 2.75) is 37.6 Å². The van der Waals surface area contributed by atoms with E-state index in [-0.39, 0.29) is 5.91 Å². The Morgan fingerprint density at radius 3 is 2.69 bits per heavy atom. The number of rotatable bonds is 3. The lowest BCUT2D eigenvalue weighted by molar-refractivity contribution is -0.126.